The summed E-state index contributed by atoms with van der Waals surface area (Å²) < 4.78 is 0.992. The predicted molar refractivity (Wildman–Crippen MR) is 76.2 cm³/mol. The van der Waals surface area contributed by atoms with Gasteiger partial charge in [-0.25, -0.2) is 0 Å². The Labute approximate surface area is 114 Å². The molecule has 3 nitrogen and oxygen atoms in total. The zero-order chi connectivity index (χ0) is 12.3. The van der Waals surface area contributed by atoms with E-state index in [1.54, 1.807) is 0 Å². The second-order valence-corrected chi connectivity index (χ2v) is 6.22. The number of rotatable bonds is 4. The van der Waals surface area contributed by atoms with Crippen LogP contribution in [0, 0.1) is 5.92 Å². The number of primary amides is 1. The van der Waals surface area contributed by atoms with Gasteiger partial charge in [-0.3, -0.25) is 4.79 Å². The monoisotopic (exact) mass is 314 g/mol. The van der Waals surface area contributed by atoms with E-state index in [9.17, 15) is 4.79 Å². The Morgan fingerprint density at radius 3 is 3.00 bits per heavy atom. The Balaban J connectivity index is 2.09. The van der Waals surface area contributed by atoms with Crippen LogP contribution in [-0.4, -0.2) is 23.5 Å². The second kappa shape index (κ2) is 5.78. The Morgan fingerprint density at radius 2 is 2.41 bits per heavy atom. The number of nitrogens with two attached hydrogens (primary N) is 1. The largest absolute Gasteiger partial charge is 0.373 e. The Morgan fingerprint density at radius 1 is 1.59 bits per heavy atom. The molecule has 1 fully saturated rings. The first-order valence-corrected chi connectivity index (χ1v) is 7.51. The summed E-state index contributed by atoms with van der Waals surface area (Å²) in [5, 5.41) is 3.24. The van der Waals surface area contributed by atoms with Crippen LogP contribution in [0.5, 0.6) is 0 Å². The van der Waals surface area contributed by atoms with Crippen molar-refractivity contribution in [3.05, 3.63) is 28.7 Å². The summed E-state index contributed by atoms with van der Waals surface area (Å²) >= 11 is 5.30. The van der Waals surface area contributed by atoms with E-state index in [4.69, 9.17) is 5.73 Å². The molecule has 1 aromatic carbocycles. The summed E-state index contributed by atoms with van der Waals surface area (Å²) in [7, 11) is 0. The molecule has 5 heteroatoms. The first-order valence-electron chi connectivity index (χ1n) is 5.56. The smallest absolute Gasteiger partial charge is 0.240 e. The molecule has 0 spiro atoms. The van der Waals surface area contributed by atoms with E-state index >= 15 is 0 Å². The zero-order valence-corrected chi connectivity index (χ0v) is 11.8. The lowest BCUT2D eigenvalue weighted by Gasteiger charge is -2.22. The lowest BCUT2D eigenvalue weighted by atomic mass is 9.98. The quantitative estimate of drug-likeness (QED) is 0.897. The van der Waals surface area contributed by atoms with E-state index < -0.39 is 0 Å². The first-order chi connectivity index (χ1) is 8.16. The van der Waals surface area contributed by atoms with Crippen LogP contribution < -0.4 is 11.1 Å². The fourth-order valence-electron chi connectivity index (χ4n) is 1.99. The molecule has 1 saturated heterocycles. The van der Waals surface area contributed by atoms with Gasteiger partial charge in [0.15, 0.2) is 0 Å². The molecule has 1 aromatic rings. The van der Waals surface area contributed by atoms with Crippen molar-refractivity contribution in [3.63, 3.8) is 0 Å². The fourth-order valence-corrected chi connectivity index (χ4v) is 3.69. The molecule has 1 amide bonds. The molecule has 17 heavy (non-hydrogen) atoms. The third kappa shape index (κ3) is 3.39. The van der Waals surface area contributed by atoms with Crippen LogP contribution in [0.3, 0.4) is 0 Å². The molecular weight excluding hydrogens is 300 g/mol. The molecule has 2 unspecified atom stereocenters. The molecule has 2 atom stereocenters. The summed E-state index contributed by atoms with van der Waals surface area (Å²) in [6, 6.07) is 7.53. The maximum absolute atomic E-state index is 11.5. The van der Waals surface area contributed by atoms with Crippen molar-refractivity contribution in [1.29, 1.82) is 0 Å². The number of hydrogen-bond donors (Lipinski definition) is 2. The topological polar surface area (TPSA) is 55.1 Å². The van der Waals surface area contributed by atoms with Crippen LogP contribution in [0.2, 0.25) is 0 Å². The highest BCUT2D eigenvalue weighted by atomic mass is 79.9. The molecule has 1 aliphatic heterocycles. The van der Waals surface area contributed by atoms with E-state index in [1.807, 2.05) is 36.0 Å². The first kappa shape index (κ1) is 12.8. The molecule has 0 saturated carbocycles. The molecular formula is C12H15BrN2OS. The van der Waals surface area contributed by atoms with Gasteiger partial charge in [-0.2, -0.15) is 11.8 Å². The van der Waals surface area contributed by atoms with Gasteiger partial charge < -0.3 is 11.1 Å². The number of thioether (sulfide) groups is 1. The Bertz CT molecular complexity index is 407. The van der Waals surface area contributed by atoms with Gasteiger partial charge >= 0.3 is 0 Å². The van der Waals surface area contributed by atoms with E-state index in [1.165, 1.54) is 0 Å². The normalized spacial score (nSPS) is 21.1. The summed E-state index contributed by atoms with van der Waals surface area (Å²) in [5.41, 5.74) is 6.41. The maximum atomic E-state index is 11.5. The maximum Gasteiger partial charge on any atom is 0.240 e. The minimum absolute atomic E-state index is 0.265. The van der Waals surface area contributed by atoms with Crippen molar-refractivity contribution in [2.75, 3.05) is 16.8 Å². The summed E-state index contributed by atoms with van der Waals surface area (Å²) in [5.74, 6) is 2.21. The van der Waals surface area contributed by atoms with Gasteiger partial charge in [0.2, 0.25) is 5.91 Å². The van der Waals surface area contributed by atoms with Crippen LogP contribution in [0.4, 0.5) is 5.69 Å². The lowest BCUT2D eigenvalue weighted by Crippen LogP contribution is -2.41. The molecule has 0 aromatic heterocycles. The summed E-state index contributed by atoms with van der Waals surface area (Å²) in [6.07, 6.45) is 1.05. The highest BCUT2D eigenvalue weighted by Gasteiger charge is 2.29. The van der Waals surface area contributed by atoms with Crippen molar-refractivity contribution in [2.45, 2.75) is 12.5 Å². The number of amides is 1. The fraction of sp³-hybridized carbons (Fsp3) is 0.417. The number of carbonyl (C=O) groups excluding carboxylic acids is 1. The average molecular weight is 315 g/mol. The van der Waals surface area contributed by atoms with Gasteiger partial charge in [0.1, 0.15) is 6.04 Å². The SMILES string of the molecule is NC(=O)C(Nc1cccc(Br)c1)C1CCSC1. The summed E-state index contributed by atoms with van der Waals surface area (Å²) in [4.78, 5) is 11.5. The van der Waals surface area contributed by atoms with Gasteiger partial charge in [-0.05, 0) is 42.0 Å². The standard InChI is InChI=1S/C12H15BrN2OS/c13-9-2-1-3-10(6-9)15-11(12(14)16)8-4-5-17-7-8/h1-3,6,8,11,15H,4-5,7H2,(H2,14,16). The lowest BCUT2D eigenvalue weighted by molar-refractivity contribution is -0.119. The Kier molecular flexibility index (Phi) is 4.34. The molecule has 92 valence electrons. The van der Waals surface area contributed by atoms with Gasteiger partial charge in [0, 0.05) is 10.2 Å². The highest BCUT2D eigenvalue weighted by molar-refractivity contribution is 9.10. The zero-order valence-electron chi connectivity index (χ0n) is 9.36. The molecule has 2 rings (SSSR count). The third-order valence-corrected chi connectivity index (χ3v) is 4.57. The average Bonchev–Trinajstić information content (AvgIpc) is 2.78. The number of hydrogen-bond acceptors (Lipinski definition) is 3. The Hall–Kier alpha value is -0.680. The minimum atomic E-state index is -0.266. The molecule has 0 aliphatic carbocycles. The molecule has 1 heterocycles. The van der Waals surface area contributed by atoms with Crippen molar-refractivity contribution >= 4 is 39.3 Å². The number of nitrogens with one attached hydrogen (secondary N) is 1. The minimum Gasteiger partial charge on any atom is -0.373 e. The second-order valence-electron chi connectivity index (χ2n) is 4.16. The molecule has 0 radical (unpaired) electrons. The van der Waals surface area contributed by atoms with Gasteiger partial charge in [-0.15, -0.1) is 0 Å². The van der Waals surface area contributed by atoms with E-state index in [-0.39, 0.29) is 11.9 Å². The highest BCUT2D eigenvalue weighted by Crippen LogP contribution is 2.28. The van der Waals surface area contributed by atoms with E-state index in [0.717, 1.165) is 28.1 Å². The molecule has 1 aliphatic rings. The van der Waals surface area contributed by atoms with Crippen LogP contribution in [0.1, 0.15) is 6.42 Å². The van der Waals surface area contributed by atoms with Gasteiger partial charge in [0.25, 0.3) is 0 Å². The van der Waals surface area contributed by atoms with Crippen molar-refractivity contribution in [2.24, 2.45) is 11.7 Å². The summed E-state index contributed by atoms with van der Waals surface area (Å²) in [6.45, 7) is 0. The van der Waals surface area contributed by atoms with Crippen molar-refractivity contribution in [1.82, 2.24) is 0 Å². The van der Waals surface area contributed by atoms with Crippen LogP contribution in [0.15, 0.2) is 28.7 Å². The van der Waals surface area contributed by atoms with Crippen molar-refractivity contribution in [3.8, 4) is 0 Å². The van der Waals surface area contributed by atoms with Gasteiger partial charge in [0.05, 0.1) is 0 Å². The van der Waals surface area contributed by atoms with Crippen LogP contribution >= 0.6 is 27.7 Å². The molecule has 0 bridgehead atoms. The van der Waals surface area contributed by atoms with Crippen LogP contribution in [-0.2, 0) is 4.79 Å². The van der Waals surface area contributed by atoms with E-state index in [2.05, 4.69) is 21.2 Å². The number of halogens is 1. The number of benzene rings is 1. The van der Waals surface area contributed by atoms with Crippen LogP contribution in [0.25, 0.3) is 0 Å². The number of carbonyl (C=O) groups is 1. The van der Waals surface area contributed by atoms with E-state index in [0.29, 0.717) is 5.92 Å². The predicted octanol–water partition coefficient (Wildman–Crippen LogP) is 2.47. The van der Waals surface area contributed by atoms with Crippen molar-refractivity contribution < 1.29 is 4.79 Å². The van der Waals surface area contributed by atoms with Gasteiger partial charge in [-0.1, -0.05) is 22.0 Å². The number of anilines is 1. The molecule has 3 N–H and O–H groups in total. The third-order valence-electron chi connectivity index (χ3n) is 2.89.